The van der Waals surface area contributed by atoms with E-state index in [1.165, 1.54) is 23.1 Å². The fourth-order valence-electron chi connectivity index (χ4n) is 2.90. The minimum Gasteiger partial charge on any atom is -0.279 e. The molecule has 3 rings (SSSR count). The number of fused-ring (bicyclic) bond motifs is 1. The number of nitrogens with one attached hydrogen (secondary N) is 1. The fraction of sp³-hybridized carbons (Fsp3) is 0.533. The van der Waals surface area contributed by atoms with Gasteiger partial charge in [0.25, 0.3) is 0 Å². The summed E-state index contributed by atoms with van der Waals surface area (Å²) in [6, 6.07) is 2.88. The first kappa shape index (κ1) is 16.8. The van der Waals surface area contributed by atoms with Gasteiger partial charge >= 0.3 is 5.69 Å². The zero-order chi connectivity index (χ0) is 17.2. The van der Waals surface area contributed by atoms with Crippen LogP contribution in [-0.4, -0.2) is 33.8 Å². The minimum absolute atomic E-state index is 0.109. The van der Waals surface area contributed by atoms with E-state index >= 15 is 0 Å². The van der Waals surface area contributed by atoms with Gasteiger partial charge in [0, 0.05) is 37.9 Å². The molecule has 24 heavy (non-hydrogen) atoms. The van der Waals surface area contributed by atoms with Gasteiger partial charge in [-0.25, -0.2) is 22.6 Å². The molecule has 1 aliphatic rings. The number of hydrogen-bond donors (Lipinski definition) is 1. The highest BCUT2D eigenvalue weighted by molar-refractivity contribution is 7.89. The minimum atomic E-state index is -3.60. The van der Waals surface area contributed by atoms with Gasteiger partial charge in [0.1, 0.15) is 10.7 Å². The number of aryl methyl sites for hydroxylation is 2. The number of rotatable bonds is 5. The van der Waals surface area contributed by atoms with Gasteiger partial charge in [0.15, 0.2) is 0 Å². The molecule has 0 aliphatic carbocycles. The summed E-state index contributed by atoms with van der Waals surface area (Å²) in [5, 5.41) is 4.37. The highest BCUT2D eigenvalue weighted by Crippen LogP contribution is 2.15. The van der Waals surface area contributed by atoms with Crippen LogP contribution in [0.1, 0.15) is 32.0 Å². The van der Waals surface area contributed by atoms with Crippen LogP contribution in [0.3, 0.4) is 0 Å². The normalized spacial score (nSPS) is 18.1. The van der Waals surface area contributed by atoms with E-state index in [9.17, 15) is 13.2 Å². The predicted molar refractivity (Wildman–Crippen MR) is 88.1 cm³/mol. The van der Waals surface area contributed by atoms with E-state index in [0.717, 1.165) is 12.2 Å². The fourth-order valence-corrected chi connectivity index (χ4v) is 4.16. The van der Waals surface area contributed by atoms with Crippen LogP contribution in [0.25, 0.3) is 0 Å². The molecule has 1 aliphatic heterocycles. The van der Waals surface area contributed by atoms with Crippen molar-refractivity contribution in [3.8, 4) is 0 Å². The first-order valence-corrected chi connectivity index (χ1v) is 9.58. The Hall–Kier alpha value is -2.00. The second kappa shape index (κ2) is 6.86. The quantitative estimate of drug-likeness (QED) is 0.847. The molecule has 1 atom stereocenters. The van der Waals surface area contributed by atoms with E-state index in [2.05, 4.69) is 14.8 Å². The lowest BCUT2D eigenvalue weighted by molar-refractivity contribution is 0.483. The zero-order valence-electron chi connectivity index (χ0n) is 13.6. The van der Waals surface area contributed by atoms with Crippen LogP contribution < -0.4 is 10.4 Å². The molecule has 0 fully saturated rings. The van der Waals surface area contributed by atoms with Crippen LogP contribution in [0.2, 0.25) is 0 Å². The second-order valence-electron chi connectivity index (χ2n) is 5.91. The van der Waals surface area contributed by atoms with Gasteiger partial charge in [-0.05, 0) is 31.4 Å². The van der Waals surface area contributed by atoms with Gasteiger partial charge in [-0.15, -0.1) is 0 Å². The van der Waals surface area contributed by atoms with Crippen molar-refractivity contribution in [3.63, 3.8) is 0 Å². The summed E-state index contributed by atoms with van der Waals surface area (Å²) in [5.41, 5.74) is -0.109. The maximum absolute atomic E-state index is 12.4. The lowest BCUT2D eigenvalue weighted by Crippen LogP contribution is -2.35. The van der Waals surface area contributed by atoms with Gasteiger partial charge in [0.05, 0.1) is 0 Å². The molecule has 1 N–H and O–H groups in total. The molecule has 9 heteroatoms. The highest BCUT2D eigenvalue weighted by atomic mass is 32.2. The molecule has 3 heterocycles. The molecular formula is C15H21N5O3S. The Morgan fingerprint density at radius 3 is 2.92 bits per heavy atom. The van der Waals surface area contributed by atoms with Crippen molar-refractivity contribution in [3.05, 3.63) is 40.8 Å². The van der Waals surface area contributed by atoms with Crippen LogP contribution in [-0.2, 0) is 29.5 Å². The second-order valence-corrected chi connectivity index (χ2v) is 7.62. The van der Waals surface area contributed by atoms with E-state index in [1.54, 1.807) is 10.6 Å². The number of nitrogens with zero attached hydrogens (tertiary/aromatic N) is 4. The standard InChI is InChI=1S/C15H21N5O3S/c1-2-9-20-15(21)19-10-7-12(5-6-14(19)17-20)18-24(22,23)13-4-3-8-16-11-13/h3-4,8,11-12,18H,2,5-7,9-10H2,1H3. The third-order valence-electron chi connectivity index (χ3n) is 4.12. The highest BCUT2D eigenvalue weighted by Gasteiger charge is 2.25. The third-order valence-corrected chi connectivity index (χ3v) is 5.62. The van der Waals surface area contributed by atoms with Gasteiger partial charge in [-0.3, -0.25) is 9.55 Å². The van der Waals surface area contributed by atoms with Crippen LogP contribution in [0, 0.1) is 0 Å². The molecule has 0 spiro atoms. The average Bonchev–Trinajstić information content (AvgIpc) is 2.74. The van der Waals surface area contributed by atoms with Crippen molar-refractivity contribution in [1.82, 2.24) is 24.1 Å². The first-order chi connectivity index (χ1) is 11.5. The Labute approximate surface area is 140 Å². The van der Waals surface area contributed by atoms with Gasteiger partial charge in [-0.2, -0.15) is 5.10 Å². The van der Waals surface area contributed by atoms with Gasteiger partial charge in [-0.1, -0.05) is 6.92 Å². The molecule has 0 aromatic carbocycles. The van der Waals surface area contributed by atoms with Crippen LogP contribution in [0.15, 0.2) is 34.2 Å². The zero-order valence-corrected chi connectivity index (χ0v) is 14.4. The molecule has 8 nitrogen and oxygen atoms in total. The summed E-state index contributed by atoms with van der Waals surface area (Å²) in [4.78, 5) is 16.3. The summed E-state index contributed by atoms with van der Waals surface area (Å²) in [6.07, 6.45) is 5.46. The Kier molecular flexibility index (Phi) is 4.81. The van der Waals surface area contributed by atoms with Gasteiger partial charge < -0.3 is 0 Å². The third kappa shape index (κ3) is 3.41. The van der Waals surface area contributed by atoms with Crippen LogP contribution in [0.5, 0.6) is 0 Å². The van der Waals surface area contributed by atoms with E-state index < -0.39 is 10.0 Å². The molecule has 0 saturated carbocycles. The lowest BCUT2D eigenvalue weighted by Gasteiger charge is -2.16. The Bertz CT molecular complexity index is 857. The Balaban J connectivity index is 1.72. The topological polar surface area (TPSA) is 98.9 Å². The van der Waals surface area contributed by atoms with E-state index in [1.807, 2.05) is 6.92 Å². The molecule has 2 aromatic rings. The summed E-state index contributed by atoms with van der Waals surface area (Å²) in [5.74, 6) is 0.733. The van der Waals surface area contributed by atoms with Crippen molar-refractivity contribution in [2.45, 2.75) is 56.6 Å². The average molecular weight is 351 g/mol. The van der Waals surface area contributed by atoms with E-state index in [-0.39, 0.29) is 16.6 Å². The molecule has 130 valence electrons. The number of sulfonamides is 1. The summed E-state index contributed by atoms with van der Waals surface area (Å²) < 4.78 is 30.7. The molecule has 0 saturated heterocycles. The number of aromatic nitrogens is 4. The number of pyridine rings is 1. The molecular weight excluding hydrogens is 330 g/mol. The van der Waals surface area contributed by atoms with Crippen LogP contribution >= 0.6 is 0 Å². The van der Waals surface area contributed by atoms with Crippen molar-refractivity contribution < 1.29 is 8.42 Å². The van der Waals surface area contributed by atoms with E-state index in [4.69, 9.17) is 0 Å². The maximum Gasteiger partial charge on any atom is 0.345 e. The summed E-state index contributed by atoms with van der Waals surface area (Å²) >= 11 is 0. The predicted octanol–water partition coefficient (Wildman–Crippen LogP) is 0.533. The Morgan fingerprint density at radius 1 is 1.38 bits per heavy atom. The molecule has 0 bridgehead atoms. The molecule has 0 radical (unpaired) electrons. The SMILES string of the molecule is CCCn1nc2n(c1=O)CCC(NS(=O)(=O)c1cccnc1)CC2. The molecule has 1 unspecified atom stereocenters. The van der Waals surface area contributed by atoms with Crippen molar-refractivity contribution in [1.29, 1.82) is 0 Å². The van der Waals surface area contributed by atoms with Crippen molar-refractivity contribution >= 4 is 10.0 Å². The lowest BCUT2D eigenvalue weighted by atomic mass is 10.1. The smallest absolute Gasteiger partial charge is 0.279 e. The monoisotopic (exact) mass is 351 g/mol. The number of hydrogen-bond acceptors (Lipinski definition) is 5. The largest absolute Gasteiger partial charge is 0.345 e. The van der Waals surface area contributed by atoms with Crippen LogP contribution in [0.4, 0.5) is 0 Å². The van der Waals surface area contributed by atoms with Crippen molar-refractivity contribution in [2.75, 3.05) is 0 Å². The Morgan fingerprint density at radius 2 is 2.21 bits per heavy atom. The van der Waals surface area contributed by atoms with Crippen molar-refractivity contribution in [2.24, 2.45) is 0 Å². The van der Waals surface area contributed by atoms with E-state index in [0.29, 0.717) is 32.4 Å². The summed E-state index contributed by atoms with van der Waals surface area (Å²) in [7, 11) is -3.60. The first-order valence-electron chi connectivity index (χ1n) is 8.10. The summed E-state index contributed by atoms with van der Waals surface area (Å²) in [6.45, 7) is 3.08. The van der Waals surface area contributed by atoms with Gasteiger partial charge in [0.2, 0.25) is 10.0 Å². The molecule has 0 amide bonds. The maximum atomic E-state index is 12.4. The molecule has 2 aromatic heterocycles.